The molecule has 1 amide bonds. The third-order valence-electron chi connectivity index (χ3n) is 3.69. The number of carbonyl (C=O) groups excluding carboxylic acids is 2. The molecule has 2 unspecified atom stereocenters. The van der Waals surface area contributed by atoms with E-state index in [2.05, 4.69) is 10.6 Å². The molecule has 5 heteroatoms. The minimum Gasteiger partial charge on any atom is -0.461 e. The van der Waals surface area contributed by atoms with E-state index in [-0.39, 0.29) is 24.0 Å². The minimum atomic E-state index is -0.282. The molecule has 1 saturated carbocycles. The number of amides is 1. The molecular weight excluding hydrogens is 232 g/mol. The van der Waals surface area contributed by atoms with Crippen LogP contribution in [-0.4, -0.2) is 36.6 Å². The van der Waals surface area contributed by atoms with E-state index in [9.17, 15) is 9.59 Å². The van der Waals surface area contributed by atoms with Crippen LogP contribution >= 0.6 is 0 Å². The van der Waals surface area contributed by atoms with Crippen LogP contribution in [0.25, 0.3) is 0 Å². The molecule has 1 aliphatic heterocycles. The summed E-state index contributed by atoms with van der Waals surface area (Å²) in [4.78, 5) is 22.9. The molecule has 102 valence electrons. The highest BCUT2D eigenvalue weighted by Crippen LogP contribution is 2.18. The first kappa shape index (κ1) is 13.3. The lowest BCUT2D eigenvalue weighted by molar-refractivity contribution is -0.145. The van der Waals surface area contributed by atoms with Gasteiger partial charge in [-0.05, 0) is 12.8 Å². The van der Waals surface area contributed by atoms with Crippen LogP contribution in [0.1, 0.15) is 45.4 Å². The average Bonchev–Trinajstić information content (AvgIpc) is 2.78. The predicted octanol–water partition coefficient (Wildman–Crippen LogP) is 0.729. The molecule has 1 heterocycles. The van der Waals surface area contributed by atoms with Crippen molar-refractivity contribution in [2.75, 3.05) is 6.54 Å². The van der Waals surface area contributed by atoms with Crippen molar-refractivity contribution in [3.63, 3.8) is 0 Å². The summed E-state index contributed by atoms with van der Waals surface area (Å²) >= 11 is 0. The molecule has 5 nitrogen and oxygen atoms in total. The van der Waals surface area contributed by atoms with Crippen molar-refractivity contribution in [3.05, 3.63) is 0 Å². The standard InChI is InChI=1S/C13H22N2O3/c1-9(16)18-11-7-12(14-8-11)13(17)15-10-5-3-2-4-6-10/h10-12,14H,2-8H2,1H3,(H,15,17). The molecule has 1 aliphatic carbocycles. The first-order valence-electron chi connectivity index (χ1n) is 6.86. The Morgan fingerprint density at radius 2 is 1.94 bits per heavy atom. The molecule has 0 bridgehead atoms. The number of rotatable bonds is 3. The zero-order valence-electron chi connectivity index (χ0n) is 10.9. The molecule has 2 atom stereocenters. The topological polar surface area (TPSA) is 67.4 Å². The van der Waals surface area contributed by atoms with Crippen LogP contribution in [0.4, 0.5) is 0 Å². The fraction of sp³-hybridized carbons (Fsp3) is 0.846. The molecular formula is C13H22N2O3. The maximum Gasteiger partial charge on any atom is 0.302 e. The summed E-state index contributed by atoms with van der Waals surface area (Å²) in [7, 11) is 0. The summed E-state index contributed by atoms with van der Waals surface area (Å²) in [6, 6.07) is 0.122. The number of hydrogen-bond acceptors (Lipinski definition) is 4. The maximum absolute atomic E-state index is 12.0. The Bertz CT molecular complexity index is 313. The monoisotopic (exact) mass is 254 g/mol. The first-order valence-corrected chi connectivity index (χ1v) is 6.86. The van der Waals surface area contributed by atoms with E-state index in [0.29, 0.717) is 19.0 Å². The molecule has 0 radical (unpaired) electrons. The third kappa shape index (κ3) is 3.70. The van der Waals surface area contributed by atoms with E-state index in [4.69, 9.17) is 4.74 Å². The van der Waals surface area contributed by atoms with Crippen LogP contribution in [0, 0.1) is 0 Å². The van der Waals surface area contributed by atoms with E-state index in [0.717, 1.165) is 12.8 Å². The van der Waals surface area contributed by atoms with Gasteiger partial charge < -0.3 is 15.4 Å². The molecule has 1 saturated heterocycles. The van der Waals surface area contributed by atoms with Gasteiger partial charge >= 0.3 is 5.97 Å². The second-order valence-corrected chi connectivity index (χ2v) is 5.27. The SMILES string of the molecule is CC(=O)OC1CNC(C(=O)NC2CCCCC2)C1. The Labute approximate surface area is 108 Å². The largest absolute Gasteiger partial charge is 0.461 e. The van der Waals surface area contributed by atoms with Gasteiger partial charge in [-0.25, -0.2) is 0 Å². The van der Waals surface area contributed by atoms with Gasteiger partial charge in [-0.1, -0.05) is 19.3 Å². The molecule has 0 aromatic carbocycles. The Hall–Kier alpha value is -1.10. The highest BCUT2D eigenvalue weighted by Gasteiger charge is 2.32. The third-order valence-corrected chi connectivity index (χ3v) is 3.69. The lowest BCUT2D eigenvalue weighted by atomic mass is 9.95. The van der Waals surface area contributed by atoms with Crippen LogP contribution in [0.15, 0.2) is 0 Å². The normalized spacial score (nSPS) is 28.9. The van der Waals surface area contributed by atoms with Crippen LogP contribution in [-0.2, 0) is 14.3 Å². The van der Waals surface area contributed by atoms with E-state index in [1.807, 2.05) is 0 Å². The number of nitrogens with one attached hydrogen (secondary N) is 2. The lowest BCUT2D eigenvalue weighted by Crippen LogP contribution is -2.45. The van der Waals surface area contributed by atoms with Gasteiger partial charge in [0.25, 0.3) is 0 Å². The lowest BCUT2D eigenvalue weighted by Gasteiger charge is -2.24. The first-order chi connectivity index (χ1) is 8.65. The van der Waals surface area contributed by atoms with E-state index in [1.54, 1.807) is 0 Å². The Kier molecular flexibility index (Phi) is 4.58. The predicted molar refractivity (Wildman–Crippen MR) is 67.0 cm³/mol. The summed E-state index contributed by atoms with van der Waals surface area (Å²) < 4.78 is 5.10. The zero-order valence-corrected chi connectivity index (χ0v) is 10.9. The number of esters is 1. The zero-order chi connectivity index (χ0) is 13.0. The summed E-state index contributed by atoms with van der Waals surface area (Å²) in [5.41, 5.74) is 0. The molecule has 0 aromatic heterocycles. The average molecular weight is 254 g/mol. The smallest absolute Gasteiger partial charge is 0.302 e. The highest BCUT2D eigenvalue weighted by molar-refractivity contribution is 5.82. The second kappa shape index (κ2) is 6.18. The Morgan fingerprint density at radius 1 is 1.22 bits per heavy atom. The summed E-state index contributed by atoms with van der Waals surface area (Å²) in [6.07, 6.45) is 6.29. The van der Waals surface area contributed by atoms with Gasteiger partial charge in [-0.15, -0.1) is 0 Å². The van der Waals surface area contributed by atoms with E-state index >= 15 is 0 Å². The van der Waals surface area contributed by atoms with Gasteiger partial charge in [0.2, 0.25) is 5.91 Å². The van der Waals surface area contributed by atoms with Gasteiger partial charge in [0.15, 0.2) is 0 Å². The summed E-state index contributed by atoms with van der Waals surface area (Å²) in [5.74, 6) is -0.230. The summed E-state index contributed by atoms with van der Waals surface area (Å²) in [5, 5.41) is 6.20. The fourth-order valence-electron chi connectivity index (χ4n) is 2.78. The molecule has 2 fully saturated rings. The molecule has 18 heavy (non-hydrogen) atoms. The van der Waals surface area contributed by atoms with Crippen molar-refractivity contribution in [2.24, 2.45) is 0 Å². The van der Waals surface area contributed by atoms with Crippen molar-refractivity contribution < 1.29 is 14.3 Å². The molecule has 2 N–H and O–H groups in total. The molecule has 0 aromatic rings. The Balaban J connectivity index is 1.74. The van der Waals surface area contributed by atoms with E-state index in [1.165, 1.54) is 26.2 Å². The van der Waals surface area contributed by atoms with Crippen LogP contribution in [0.3, 0.4) is 0 Å². The molecule has 2 aliphatic rings. The van der Waals surface area contributed by atoms with E-state index < -0.39 is 0 Å². The van der Waals surface area contributed by atoms with Crippen LogP contribution in [0.2, 0.25) is 0 Å². The maximum atomic E-state index is 12.0. The Morgan fingerprint density at radius 3 is 2.61 bits per heavy atom. The van der Waals surface area contributed by atoms with Crippen LogP contribution in [0.5, 0.6) is 0 Å². The number of hydrogen-bond donors (Lipinski definition) is 2. The number of ether oxygens (including phenoxy) is 1. The quantitative estimate of drug-likeness (QED) is 0.729. The van der Waals surface area contributed by atoms with Crippen molar-refractivity contribution in [2.45, 2.75) is 63.6 Å². The van der Waals surface area contributed by atoms with Crippen molar-refractivity contribution in [3.8, 4) is 0 Å². The van der Waals surface area contributed by atoms with Gasteiger partial charge in [-0.3, -0.25) is 9.59 Å². The molecule has 0 spiro atoms. The highest BCUT2D eigenvalue weighted by atomic mass is 16.5. The van der Waals surface area contributed by atoms with Crippen molar-refractivity contribution in [1.82, 2.24) is 10.6 Å². The molecule has 2 rings (SSSR count). The van der Waals surface area contributed by atoms with Crippen molar-refractivity contribution in [1.29, 1.82) is 0 Å². The van der Waals surface area contributed by atoms with Gasteiger partial charge in [0.05, 0.1) is 6.04 Å². The second-order valence-electron chi connectivity index (χ2n) is 5.27. The van der Waals surface area contributed by atoms with Crippen LogP contribution < -0.4 is 10.6 Å². The summed E-state index contributed by atoms with van der Waals surface area (Å²) in [6.45, 7) is 1.97. The van der Waals surface area contributed by atoms with Gasteiger partial charge in [0.1, 0.15) is 6.10 Å². The van der Waals surface area contributed by atoms with Gasteiger partial charge in [0, 0.05) is 25.9 Å². The fourth-order valence-corrected chi connectivity index (χ4v) is 2.78. The number of carbonyl (C=O) groups is 2. The van der Waals surface area contributed by atoms with Crippen molar-refractivity contribution >= 4 is 11.9 Å². The minimum absolute atomic E-state index is 0.0524. The van der Waals surface area contributed by atoms with Gasteiger partial charge in [-0.2, -0.15) is 0 Å².